The normalized spacial score (nSPS) is 13.2. The van der Waals surface area contributed by atoms with Gasteiger partial charge in [0.1, 0.15) is 0 Å². The molecule has 0 saturated heterocycles. The SMILES string of the molecule is CCc1ccc2c(c1)[C-]=c1c-2cc(=C(c2ccccc2)c2ccccc2)c(CC)c1C1C=Cc2ccc(-c3ccccc3)cc21.[Cl-].[Cl-].[Zr+3]. The number of fused-ring (bicyclic) bond motifs is 4. The molecule has 0 aromatic heterocycles. The van der Waals surface area contributed by atoms with Crippen LogP contribution < -0.4 is 35.3 Å². The number of allylic oxidation sites excluding steroid dienone is 1. The summed E-state index contributed by atoms with van der Waals surface area (Å²) in [6.07, 6.45) is 10.6. The quantitative estimate of drug-likeness (QED) is 0.229. The Morgan fingerprint density at radius 2 is 1.27 bits per heavy atom. The Labute approximate surface area is 315 Å². The number of benzene rings is 6. The third-order valence-electron chi connectivity index (χ3n) is 9.58. The molecule has 0 nitrogen and oxygen atoms in total. The van der Waals surface area contributed by atoms with Crippen molar-refractivity contribution >= 4 is 17.7 Å². The van der Waals surface area contributed by atoms with E-state index in [2.05, 4.69) is 166 Å². The fourth-order valence-corrected chi connectivity index (χ4v) is 7.37. The standard InChI is InChI=1S/C45H35.2ClH.Zr/c1-3-30-20-24-38-36(26-30)28-42-41(38)29-43(44(33-16-10-6-11-17-33)34-18-12-7-13-19-34)37(4-2)45(42)39-25-23-32-21-22-35(27-40(32)39)31-14-8-5-9-15-31;;;/h5-27,29,39H,3-4H2,1-2H3;2*1H;/q-1;;;+3/p-2. The Hall–Kier alpha value is -3.74. The molecule has 0 bridgehead atoms. The van der Waals surface area contributed by atoms with Gasteiger partial charge in [-0.25, -0.2) is 0 Å². The van der Waals surface area contributed by atoms with E-state index in [4.69, 9.17) is 0 Å². The second-order valence-corrected chi connectivity index (χ2v) is 12.1. The molecule has 0 heterocycles. The summed E-state index contributed by atoms with van der Waals surface area (Å²) >= 11 is 0. The molecule has 0 amide bonds. The van der Waals surface area contributed by atoms with Crippen LogP contribution in [0.1, 0.15) is 64.3 Å². The maximum atomic E-state index is 3.95. The first-order valence-electron chi connectivity index (χ1n) is 16.2. The maximum Gasteiger partial charge on any atom is 3.00 e. The van der Waals surface area contributed by atoms with Gasteiger partial charge in [0.2, 0.25) is 0 Å². The summed E-state index contributed by atoms with van der Waals surface area (Å²) in [5.41, 5.74) is 16.9. The van der Waals surface area contributed by atoms with Gasteiger partial charge in [-0.05, 0) is 57.0 Å². The van der Waals surface area contributed by atoms with E-state index in [1.807, 2.05) is 0 Å². The molecule has 0 spiro atoms. The molecule has 2 aliphatic carbocycles. The molecule has 1 radical (unpaired) electrons. The molecular formula is C45H35Cl2Zr. The van der Waals surface area contributed by atoms with Crippen molar-refractivity contribution in [1.29, 1.82) is 0 Å². The Morgan fingerprint density at radius 3 is 1.90 bits per heavy atom. The maximum absolute atomic E-state index is 3.95. The van der Waals surface area contributed by atoms with Gasteiger partial charge in [0.25, 0.3) is 0 Å². The molecule has 0 saturated carbocycles. The van der Waals surface area contributed by atoms with Crippen LogP contribution in [0.15, 0.2) is 140 Å². The third kappa shape index (κ3) is 6.25. The van der Waals surface area contributed by atoms with Gasteiger partial charge < -0.3 is 24.8 Å². The van der Waals surface area contributed by atoms with Crippen LogP contribution in [0.5, 0.6) is 0 Å². The first-order valence-corrected chi connectivity index (χ1v) is 16.2. The van der Waals surface area contributed by atoms with E-state index in [0.717, 1.165) is 12.8 Å². The number of hydrogen-bond acceptors (Lipinski definition) is 0. The Bertz CT molecular complexity index is 2180. The summed E-state index contributed by atoms with van der Waals surface area (Å²) in [7, 11) is 0. The van der Waals surface area contributed by atoms with Gasteiger partial charge in [-0.2, -0.15) is 0 Å². The molecule has 1 unspecified atom stereocenters. The molecule has 6 aromatic carbocycles. The van der Waals surface area contributed by atoms with Crippen molar-refractivity contribution in [3.63, 3.8) is 0 Å². The number of hydrogen-bond donors (Lipinski definition) is 0. The van der Waals surface area contributed by atoms with Crippen LogP contribution in [-0.4, -0.2) is 0 Å². The van der Waals surface area contributed by atoms with Gasteiger partial charge in [0.05, 0.1) is 0 Å². The van der Waals surface area contributed by atoms with Gasteiger partial charge in [0, 0.05) is 5.92 Å². The first kappa shape index (κ1) is 35.6. The van der Waals surface area contributed by atoms with Crippen molar-refractivity contribution < 1.29 is 51.0 Å². The molecule has 0 N–H and O–H groups in total. The first-order chi connectivity index (χ1) is 22.2. The molecule has 1 atom stereocenters. The fourth-order valence-electron chi connectivity index (χ4n) is 7.37. The summed E-state index contributed by atoms with van der Waals surface area (Å²) in [5, 5.41) is 2.57. The molecular weight excluding hydrogens is 703 g/mol. The van der Waals surface area contributed by atoms with Crippen LogP contribution in [0.3, 0.4) is 0 Å². The van der Waals surface area contributed by atoms with Crippen molar-refractivity contribution in [2.75, 3.05) is 0 Å². The summed E-state index contributed by atoms with van der Waals surface area (Å²) in [6.45, 7) is 4.55. The number of rotatable bonds is 6. The van der Waals surface area contributed by atoms with E-state index in [1.165, 1.54) is 82.8 Å². The summed E-state index contributed by atoms with van der Waals surface area (Å²) < 4.78 is 0. The fraction of sp³-hybridized carbons (Fsp3) is 0.111. The summed E-state index contributed by atoms with van der Waals surface area (Å²) in [4.78, 5) is 0. The Morgan fingerprint density at radius 1 is 0.625 bits per heavy atom. The van der Waals surface area contributed by atoms with Gasteiger partial charge in [0.15, 0.2) is 0 Å². The smallest absolute Gasteiger partial charge is 1.00 e. The van der Waals surface area contributed by atoms with Gasteiger partial charge >= 0.3 is 26.2 Å². The van der Waals surface area contributed by atoms with Crippen molar-refractivity contribution in [1.82, 2.24) is 0 Å². The average Bonchev–Trinajstić information content (AvgIpc) is 3.69. The largest absolute Gasteiger partial charge is 3.00 e. The van der Waals surface area contributed by atoms with Crippen molar-refractivity contribution in [3.05, 3.63) is 194 Å². The predicted molar refractivity (Wildman–Crippen MR) is 190 cm³/mol. The van der Waals surface area contributed by atoms with E-state index in [0.29, 0.717) is 0 Å². The zero-order chi connectivity index (χ0) is 30.3. The van der Waals surface area contributed by atoms with E-state index < -0.39 is 0 Å². The molecule has 3 heteroatoms. The van der Waals surface area contributed by atoms with Gasteiger partial charge in [-0.3, -0.25) is 0 Å². The Balaban J connectivity index is 0.00000150. The summed E-state index contributed by atoms with van der Waals surface area (Å²) in [6, 6.07) is 49.0. The van der Waals surface area contributed by atoms with Crippen LogP contribution >= 0.6 is 0 Å². The van der Waals surface area contributed by atoms with Gasteiger partial charge in [-0.1, -0.05) is 170 Å². The number of aryl methyl sites for hydroxylation is 1. The zero-order valence-electron chi connectivity index (χ0n) is 27.1. The van der Waals surface area contributed by atoms with Crippen molar-refractivity contribution in [3.8, 4) is 22.3 Å². The second kappa shape index (κ2) is 15.2. The Kier molecular flexibility index (Phi) is 11.3. The van der Waals surface area contributed by atoms with Crippen LogP contribution in [0, 0.1) is 0 Å². The van der Waals surface area contributed by atoms with E-state index in [1.54, 1.807) is 0 Å². The topological polar surface area (TPSA) is 0 Å². The third-order valence-corrected chi connectivity index (χ3v) is 9.58. The minimum atomic E-state index is 0. The minimum Gasteiger partial charge on any atom is -1.00 e. The monoisotopic (exact) mass is 735 g/mol. The van der Waals surface area contributed by atoms with E-state index in [-0.39, 0.29) is 56.9 Å². The van der Waals surface area contributed by atoms with Crippen LogP contribution in [0.25, 0.3) is 40.0 Å². The number of halogens is 2. The van der Waals surface area contributed by atoms with Crippen LogP contribution in [0.4, 0.5) is 0 Å². The predicted octanol–water partition coefficient (Wildman–Crippen LogP) is 3.58. The van der Waals surface area contributed by atoms with E-state index >= 15 is 0 Å². The van der Waals surface area contributed by atoms with Crippen LogP contribution in [-0.2, 0) is 39.0 Å². The molecule has 8 rings (SSSR count). The van der Waals surface area contributed by atoms with Crippen molar-refractivity contribution in [2.24, 2.45) is 0 Å². The molecule has 48 heavy (non-hydrogen) atoms. The molecule has 233 valence electrons. The van der Waals surface area contributed by atoms with E-state index in [9.17, 15) is 0 Å². The minimum absolute atomic E-state index is 0. The summed E-state index contributed by atoms with van der Waals surface area (Å²) in [5.74, 6) is 0.146. The average molecular weight is 738 g/mol. The molecule has 6 aromatic rings. The molecule has 2 aliphatic rings. The zero-order valence-corrected chi connectivity index (χ0v) is 31.1. The molecule has 0 fully saturated rings. The molecule has 0 aliphatic heterocycles. The second-order valence-electron chi connectivity index (χ2n) is 12.1. The van der Waals surface area contributed by atoms with Crippen LogP contribution in [0.2, 0.25) is 0 Å². The van der Waals surface area contributed by atoms with Crippen molar-refractivity contribution in [2.45, 2.75) is 32.6 Å². The van der Waals surface area contributed by atoms with Gasteiger partial charge in [-0.15, -0.1) is 34.1 Å².